The molecule has 1 atom stereocenters. The van der Waals surface area contributed by atoms with Gasteiger partial charge in [0.2, 0.25) is 0 Å². The third-order valence-corrected chi connectivity index (χ3v) is 2.37. The summed E-state index contributed by atoms with van der Waals surface area (Å²) >= 11 is 5.65. The molecule has 5 heteroatoms. The van der Waals surface area contributed by atoms with Crippen LogP contribution < -0.4 is 5.32 Å². The van der Waals surface area contributed by atoms with E-state index in [1.165, 1.54) is 26.0 Å². The summed E-state index contributed by atoms with van der Waals surface area (Å²) in [5.41, 5.74) is -0.166. The summed E-state index contributed by atoms with van der Waals surface area (Å²) in [5.74, 6) is -1.52. The zero-order valence-corrected chi connectivity index (χ0v) is 9.64. The number of ketones is 1. The highest BCUT2D eigenvalue weighted by Gasteiger charge is 2.16. The van der Waals surface area contributed by atoms with Crippen LogP contribution in [0.15, 0.2) is 18.2 Å². The fourth-order valence-corrected chi connectivity index (χ4v) is 1.22. The molecule has 0 radical (unpaired) electrons. The lowest BCUT2D eigenvalue weighted by atomic mass is 10.1. The van der Waals surface area contributed by atoms with Crippen LogP contribution in [0.5, 0.6) is 0 Å². The van der Waals surface area contributed by atoms with Gasteiger partial charge in [0, 0.05) is 5.02 Å². The van der Waals surface area contributed by atoms with Crippen molar-refractivity contribution in [2.45, 2.75) is 19.9 Å². The molecule has 1 N–H and O–H groups in total. The van der Waals surface area contributed by atoms with E-state index in [0.29, 0.717) is 0 Å². The molecule has 0 spiro atoms. The Labute approximate surface area is 97.6 Å². The molecule has 1 unspecified atom stereocenters. The Hall–Kier alpha value is -1.42. The fraction of sp³-hybridized carbons (Fsp3) is 0.273. The first-order valence-corrected chi connectivity index (χ1v) is 5.06. The average Bonchev–Trinajstić information content (AvgIpc) is 2.21. The van der Waals surface area contributed by atoms with Gasteiger partial charge in [-0.2, -0.15) is 0 Å². The van der Waals surface area contributed by atoms with Gasteiger partial charge in [0.1, 0.15) is 5.82 Å². The van der Waals surface area contributed by atoms with Crippen molar-refractivity contribution in [3.05, 3.63) is 34.6 Å². The van der Waals surface area contributed by atoms with Crippen LogP contribution in [0.2, 0.25) is 5.02 Å². The molecule has 1 aromatic rings. The Morgan fingerprint density at radius 3 is 2.62 bits per heavy atom. The molecule has 1 rings (SSSR count). The first-order chi connectivity index (χ1) is 7.41. The minimum absolute atomic E-state index is 0.166. The second-order valence-electron chi connectivity index (χ2n) is 3.43. The zero-order chi connectivity index (χ0) is 12.3. The van der Waals surface area contributed by atoms with Gasteiger partial charge < -0.3 is 5.32 Å². The smallest absolute Gasteiger partial charge is 0.254 e. The molecule has 0 aliphatic rings. The standard InChI is InChI=1S/C11H11ClFNO2/c1-6(7(2)15)14-11(16)9-5-8(12)3-4-10(9)13/h3-6H,1-2H3,(H,14,16). The molecular weight excluding hydrogens is 233 g/mol. The average molecular weight is 244 g/mol. The topological polar surface area (TPSA) is 46.2 Å². The van der Waals surface area contributed by atoms with Crippen molar-refractivity contribution in [3.63, 3.8) is 0 Å². The lowest BCUT2D eigenvalue weighted by molar-refractivity contribution is -0.118. The van der Waals surface area contributed by atoms with Crippen LogP contribution in [0, 0.1) is 5.82 Å². The number of amides is 1. The van der Waals surface area contributed by atoms with E-state index in [-0.39, 0.29) is 16.4 Å². The molecule has 86 valence electrons. The Balaban J connectivity index is 2.88. The van der Waals surface area contributed by atoms with Crippen molar-refractivity contribution in [2.24, 2.45) is 0 Å². The van der Waals surface area contributed by atoms with Crippen LogP contribution in [0.3, 0.4) is 0 Å². The van der Waals surface area contributed by atoms with Crippen LogP contribution in [0.1, 0.15) is 24.2 Å². The van der Waals surface area contributed by atoms with Gasteiger partial charge in [0.25, 0.3) is 5.91 Å². The molecule has 3 nitrogen and oxygen atoms in total. The zero-order valence-electron chi connectivity index (χ0n) is 8.88. The third-order valence-electron chi connectivity index (χ3n) is 2.13. The molecule has 1 amide bonds. The molecule has 0 fully saturated rings. The van der Waals surface area contributed by atoms with Crippen LogP contribution in [-0.4, -0.2) is 17.7 Å². The third kappa shape index (κ3) is 3.03. The van der Waals surface area contributed by atoms with Gasteiger partial charge in [-0.15, -0.1) is 0 Å². The number of benzene rings is 1. The summed E-state index contributed by atoms with van der Waals surface area (Å²) in [4.78, 5) is 22.5. The van der Waals surface area contributed by atoms with Crippen LogP contribution in [0.25, 0.3) is 0 Å². The summed E-state index contributed by atoms with van der Waals surface area (Å²) in [6.45, 7) is 2.88. The Morgan fingerprint density at radius 1 is 1.44 bits per heavy atom. The summed E-state index contributed by atoms with van der Waals surface area (Å²) in [6.07, 6.45) is 0. The Bertz CT molecular complexity index is 434. The number of hydrogen-bond donors (Lipinski definition) is 1. The maximum Gasteiger partial charge on any atom is 0.254 e. The summed E-state index contributed by atoms with van der Waals surface area (Å²) in [5, 5.41) is 2.64. The van der Waals surface area contributed by atoms with E-state index in [0.717, 1.165) is 6.07 Å². The number of halogens is 2. The second-order valence-corrected chi connectivity index (χ2v) is 3.87. The van der Waals surface area contributed by atoms with Crippen molar-refractivity contribution >= 4 is 23.3 Å². The highest BCUT2D eigenvalue weighted by molar-refractivity contribution is 6.31. The minimum atomic E-state index is -0.669. The largest absolute Gasteiger partial charge is 0.342 e. The number of nitrogens with one attached hydrogen (secondary N) is 1. The van der Waals surface area contributed by atoms with E-state index in [2.05, 4.69) is 5.32 Å². The number of carbonyl (C=O) groups excluding carboxylic acids is 2. The molecule has 1 aromatic carbocycles. The monoisotopic (exact) mass is 243 g/mol. The minimum Gasteiger partial charge on any atom is -0.342 e. The number of carbonyl (C=O) groups is 2. The Kier molecular flexibility index (Phi) is 4.01. The second kappa shape index (κ2) is 5.07. The van der Waals surface area contributed by atoms with Gasteiger partial charge >= 0.3 is 0 Å². The molecule has 0 saturated heterocycles. The van der Waals surface area contributed by atoms with Gasteiger partial charge in [-0.25, -0.2) is 4.39 Å². The van der Waals surface area contributed by atoms with Crippen molar-refractivity contribution in [1.82, 2.24) is 5.32 Å². The van der Waals surface area contributed by atoms with E-state index >= 15 is 0 Å². The SMILES string of the molecule is CC(=O)C(C)NC(=O)c1cc(Cl)ccc1F. The van der Waals surface area contributed by atoms with Crippen LogP contribution in [-0.2, 0) is 4.79 Å². The van der Waals surface area contributed by atoms with E-state index in [1.54, 1.807) is 0 Å². The predicted molar refractivity (Wildman–Crippen MR) is 59.0 cm³/mol. The van der Waals surface area contributed by atoms with Crippen molar-refractivity contribution in [1.29, 1.82) is 0 Å². The Morgan fingerprint density at radius 2 is 2.06 bits per heavy atom. The number of Topliss-reactive ketones (excluding diaryl/α,β-unsaturated/α-hetero) is 1. The molecule has 0 aliphatic heterocycles. The molecular formula is C11H11ClFNO2. The van der Waals surface area contributed by atoms with Gasteiger partial charge in [-0.3, -0.25) is 9.59 Å². The maximum absolute atomic E-state index is 13.3. The van der Waals surface area contributed by atoms with Crippen LogP contribution >= 0.6 is 11.6 Å². The summed E-state index contributed by atoms with van der Waals surface area (Å²) in [7, 11) is 0. The van der Waals surface area contributed by atoms with Gasteiger partial charge in [-0.05, 0) is 32.0 Å². The lowest BCUT2D eigenvalue weighted by Gasteiger charge is -2.10. The molecule has 0 saturated carbocycles. The lowest BCUT2D eigenvalue weighted by Crippen LogP contribution is -2.37. The van der Waals surface area contributed by atoms with Gasteiger partial charge in [-0.1, -0.05) is 11.6 Å². The van der Waals surface area contributed by atoms with Crippen LogP contribution in [0.4, 0.5) is 4.39 Å². The van der Waals surface area contributed by atoms with E-state index in [1.807, 2.05) is 0 Å². The number of hydrogen-bond acceptors (Lipinski definition) is 2. The first kappa shape index (κ1) is 12.6. The first-order valence-electron chi connectivity index (χ1n) is 4.68. The van der Waals surface area contributed by atoms with Crippen molar-refractivity contribution < 1.29 is 14.0 Å². The summed E-state index contributed by atoms with van der Waals surface area (Å²) < 4.78 is 13.3. The molecule has 0 bridgehead atoms. The molecule has 16 heavy (non-hydrogen) atoms. The maximum atomic E-state index is 13.3. The summed E-state index contributed by atoms with van der Waals surface area (Å²) in [6, 6.07) is 3.03. The number of rotatable bonds is 3. The highest BCUT2D eigenvalue weighted by Crippen LogP contribution is 2.14. The van der Waals surface area contributed by atoms with Crippen molar-refractivity contribution in [3.8, 4) is 0 Å². The van der Waals surface area contributed by atoms with Gasteiger partial charge in [0.05, 0.1) is 11.6 Å². The normalized spacial score (nSPS) is 12.0. The predicted octanol–water partition coefficient (Wildman–Crippen LogP) is 2.19. The van der Waals surface area contributed by atoms with E-state index in [9.17, 15) is 14.0 Å². The molecule has 0 aromatic heterocycles. The highest BCUT2D eigenvalue weighted by atomic mass is 35.5. The van der Waals surface area contributed by atoms with E-state index < -0.39 is 17.8 Å². The van der Waals surface area contributed by atoms with Gasteiger partial charge in [0.15, 0.2) is 5.78 Å². The fourth-order valence-electron chi connectivity index (χ4n) is 1.05. The quantitative estimate of drug-likeness (QED) is 0.885. The molecule has 0 aliphatic carbocycles. The van der Waals surface area contributed by atoms with E-state index in [4.69, 9.17) is 11.6 Å². The van der Waals surface area contributed by atoms with Crippen molar-refractivity contribution in [2.75, 3.05) is 0 Å². The molecule has 0 heterocycles.